The van der Waals surface area contributed by atoms with Crippen LogP contribution in [0.25, 0.3) is 0 Å². The zero-order valence-electron chi connectivity index (χ0n) is 14.6. The van der Waals surface area contributed by atoms with Gasteiger partial charge in [-0.25, -0.2) is 0 Å². The van der Waals surface area contributed by atoms with E-state index in [0.29, 0.717) is 0 Å². The van der Waals surface area contributed by atoms with Crippen LogP contribution in [-0.2, 0) is 18.3 Å². The zero-order valence-corrected chi connectivity index (χ0v) is 14.6. The van der Waals surface area contributed by atoms with Gasteiger partial charge in [-0.15, -0.1) is 0 Å². The number of hydrogen-bond donors (Lipinski definition) is 0. The molecule has 0 aliphatic carbocycles. The monoisotopic (exact) mass is 293 g/mol. The van der Waals surface area contributed by atoms with Gasteiger partial charge in [0.1, 0.15) is 0 Å². The molecule has 0 spiro atoms. The van der Waals surface area contributed by atoms with E-state index in [4.69, 9.17) is 0 Å². The molecule has 0 heterocycles. The molecule has 0 aliphatic rings. The van der Waals surface area contributed by atoms with Gasteiger partial charge in [0.2, 0.25) is 0 Å². The van der Waals surface area contributed by atoms with Gasteiger partial charge in [0.05, 0.1) is 0 Å². The van der Waals surface area contributed by atoms with Gasteiger partial charge >= 0.3 is 0 Å². The maximum atomic E-state index is 4.52. The van der Waals surface area contributed by atoms with Crippen LogP contribution < -0.4 is 0 Å². The molecule has 0 heteroatoms. The van der Waals surface area contributed by atoms with Crippen molar-refractivity contribution in [3.05, 3.63) is 77.2 Å². The Hall–Kier alpha value is -1.56. The summed E-state index contributed by atoms with van der Waals surface area (Å²) in [5, 5.41) is 0. The van der Waals surface area contributed by atoms with E-state index in [1.165, 1.54) is 34.2 Å². The minimum atomic E-state index is 0.00430. The van der Waals surface area contributed by atoms with Gasteiger partial charge in [0, 0.05) is 0 Å². The van der Waals surface area contributed by atoms with Gasteiger partial charge in [-0.3, -0.25) is 0 Å². The van der Waals surface area contributed by atoms with E-state index in [2.05, 4.69) is 77.1 Å². The van der Waals surface area contributed by atoms with E-state index in [1.807, 2.05) is 0 Å². The van der Waals surface area contributed by atoms with Gasteiger partial charge in [-0.2, -0.15) is 0 Å². The smallest absolute Gasteiger partial charge is 0.00721 e. The Morgan fingerprint density at radius 2 is 1.64 bits per heavy atom. The first-order valence-corrected chi connectivity index (χ1v) is 8.44. The summed E-state index contributed by atoms with van der Waals surface area (Å²) in [7, 11) is 0. The topological polar surface area (TPSA) is 0 Å². The van der Waals surface area contributed by atoms with Crippen LogP contribution in [0.15, 0.2) is 42.5 Å². The van der Waals surface area contributed by atoms with E-state index in [9.17, 15) is 0 Å². The SMILES string of the molecule is [CH2]C(C)(CCCc1cccc(C)c1C)c1ccccc1CC. The van der Waals surface area contributed by atoms with Crippen LogP contribution in [0.1, 0.15) is 54.5 Å². The Balaban J connectivity index is 2.05. The lowest BCUT2D eigenvalue weighted by Crippen LogP contribution is -2.20. The minimum Gasteiger partial charge on any atom is -0.0620 e. The second kappa shape index (κ2) is 7.13. The summed E-state index contributed by atoms with van der Waals surface area (Å²) in [5.41, 5.74) is 7.18. The quantitative estimate of drug-likeness (QED) is 0.614. The molecule has 0 aliphatic heterocycles. The van der Waals surface area contributed by atoms with Crippen LogP contribution in [-0.4, -0.2) is 0 Å². The molecule has 0 N–H and O–H groups in total. The number of benzene rings is 2. The average Bonchev–Trinajstić information content (AvgIpc) is 2.51. The highest BCUT2D eigenvalue weighted by molar-refractivity contribution is 5.35. The highest BCUT2D eigenvalue weighted by Crippen LogP contribution is 2.31. The molecule has 0 saturated heterocycles. The number of hydrogen-bond acceptors (Lipinski definition) is 0. The van der Waals surface area contributed by atoms with E-state index >= 15 is 0 Å². The first kappa shape index (κ1) is 16.8. The minimum absolute atomic E-state index is 0.00430. The van der Waals surface area contributed by atoms with E-state index in [1.54, 1.807) is 0 Å². The van der Waals surface area contributed by atoms with Crippen molar-refractivity contribution in [2.75, 3.05) is 0 Å². The summed E-state index contributed by atoms with van der Waals surface area (Å²) >= 11 is 0. The average molecular weight is 293 g/mol. The zero-order chi connectivity index (χ0) is 16.2. The summed E-state index contributed by atoms with van der Waals surface area (Å²) in [5.74, 6) is 0. The Kier molecular flexibility index (Phi) is 5.45. The molecule has 0 saturated carbocycles. The third-order valence-corrected chi connectivity index (χ3v) is 4.94. The molecule has 1 atom stereocenters. The molecule has 22 heavy (non-hydrogen) atoms. The van der Waals surface area contributed by atoms with Crippen molar-refractivity contribution in [1.29, 1.82) is 0 Å². The van der Waals surface area contributed by atoms with Crippen LogP contribution in [0.5, 0.6) is 0 Å². The fourth-order valence-corrected chi connectivity index (χ4v) is 3.30. The predicted octanol–water partition coefficient (Wildman–Crippen LogP) is 5.98. The number of rotatable bonds is 6. The van der Waals surface area contributed by atoms with Crippen molar-refractivity contribution in [3.63, 3.8) is 0 Å². The second-order valence-corrected chi connectivity index (χ2v) is 6.78. The van der Waals surface area contributed by atoms with Crippen molar-refractivity contribution >= 4 is 0 Å². The van der Waals surface area contributed by atoms with E-state index in [-0.39, 0.29) is 5.41 Å². The van der Waals surface area contributed by atoms with Crippen LogP contribution in [0.2, 0.25) is 0 Å². The molecular weight excluding hydrogens is 264 g/mol. The lowest BCUT2D eigenvalue weighted by Gasteiger charge is -2.28. The second-order valence-electron chi connectivity index (χ2n) is 6.78. The Labute approximate surface area is 136 Å². The van der Waals surface area contributed by atoms with Crippen LogP contribution in [0.3, 0.4) is 0 Å². The van der Waals surface area contributed by atoms with Crippen molar-refractivity contribution in [2.24, 2.45) is 0 Å². The molecular formula is C22H29. The predicted molar refractivity (Wildman–Crippen MR) is 97.4 cm³/mol. The molecule has 0 amide bonds. The maximum Gasteiger partial charge on any atom is -0.00721 e. The van der Waals surface area contributed by atoms with Gasteiger partial charge in [-0.1, -0.05) is 56.3 Å². The Bertz CT molecular complexity index is 620. The summed E-state index contributed by atoms with van der Waals surface area (Å²) in [6, 6.07) is 15.4. The summed E-state index contributed by atoms with van der Waals surface area (Å²) < 4.78 is 0. The third kappa shape index (κ3) is 3.80. The van der Waals surface area contributed by atoms with Gasteiger partial charge in [0.25, 0.3) is 0 Å². The molecule has 1 radical (unpaired) electrons. The number of aryl methyl sites for hydroxylation is 3. The van der Waals surface area contributed by atoms with Gasteiger partial charge < -0.3 is 0 Å². The molecule has 2 rings (SSSR count). The van der Waals surface area contributed by atoms with Crippen LogP contribution in [0, 0.1) is 20.8 Å². The molecule has 1 unspecified atom stereocenters. The molecule has 0 bridgehead atoms. The third-order valence-electron chi connectivity index (χ3n) is 4.94. The first-order chi connectivity index (χ1) is 10.5. The van der Waals surface area contributed by atoms with Crippen molar-refractivity contribution < 1.29 is 0 Å². The van der Waals surface area contributed by atoms with Crippen molar-refractivity contribution in [2.45, 2.75) is 58.8 Å². The fraction of sp³-hybridized carbons (Fsp3) is 0.409. The summed E-state index contributed by atoms with van der Waals surface area (Å²) in [6.07, 6.45) is 4.53. The molecule has 117 valence electrons. The first-order valence-electron chi connectivity index (χ1n) is 8.44. The van der Waals surface area contributed by atoms with E-state index in [0.717, 1.165) is 19.3 Å². The van der Waals surface area contributed by atoms with Crippen LogP contribution >= 0.6 is 0 Å². The van der Waals surface area contributed by atoms with E-state index < -0.39 is 0 Å². The lowest BCUT2D eigenvalue weighted by molar-refractivity contribution is 0.507. The molecule has 2 aromatic rings. The molecule has 0 aromatic heterocycles. The normalized spacial score (nSPS) is 11.7. The fourth-order valence-electron chi connectivity index (χ4n) is 3.30. The lowest BCUT2D eigenvalue weighted by atomic mass is 9.77. The molecule has 2 aromatic carbocycles. The standard InChI is InChI=1S/C22H29/c1-6-19-12-7-8-15-21(19)22(4,5)16-10-14-20-13-9-11-17(2)18(20)3/h7-9,11-13,15H,4,6,10,14,16H2,1-3,5H3. The molecule has 0 fully saturated rings. The Morgan fingerprint density at radius 3 is 2.36 bits per heavy atom. The summed E-state index contributed by atoms with van der Waals surface area (Å²) in [4.78, 5) is 0. The maximum absolute atomic E-state index is 4.52. The summed E-state index contributed by atoms with van der Waals surface area (Å²) in [6.45, 7) is 13.5. The van der Waals surface area contributed by atoms with Gasteiger partial charge in [0.15, 0.2) is 0 Å². The van der Waals surface area contributed by atoms with Crippen molar-refractivity contribution in [1.82, 2.24) is 0 Å². The molecule has 0 nitrogen and oxygen atoms in total. The van der Waals surface area contributed by atoms with Crippen molar-refractivity contribution in [3.8, 4) is 0 Å². The Morgan fingerprint density at radius 1 is 0.955 bits per heavy atom. The van der Waals surface area contributed by atoms with Crippen LogP contribution in [0.4, 0.5) is 0 Å². The highest BCUT2D eigenvalue weighted by atomic mass is 14.3. The van der Waals surface area contributed by atoms with Gasteiger partial charge in [-0.05, 0) is 79.7 Å². The highest BCUT2D eigenvalue weighted by Gasteiger charge is 2.22. The largest absolute Gasteiger partial charge is 0.0620 e.